The minimum Gasteiger partial charge on any atom is -0.376 e. The average Bonchev–Trinajstić information content (AvgIpc) is 2.63. The normalized spacial score (nSPS) is 20.1. The van der Waals surface area contributed by atoms with Crippen LogP contribution in [0.4, 0.5) is 5.69 Å². The second-order valence-electron chi connectivity index (χ2n) is 6.08. The number of anilines is 1. The van der Waals surface area contributed by atoms with Crippen LogP contribution in [0.5, 0.6) is 0 Å². The van der Waals surface area contributed by atoms with Crippen LogP contribution in [-0.2, 0) is 6.42 Å². The summed E-state index contributed by atoms with van der Waals surface area (Å²) in [5.41, 5.74) is 5.31. The van der Waals surface area contributed by atoms with Crippen molar-refractivity contribution >= 4 is 5.69 Å². The van der Waals surface area contributed by atoms with Crippen LogP contribution in [0.1, 0.15) is 36.7 Å². The molecule has 0 amide bonds. The van der Waals surface area contributed by atoms with Crippen molar-refractivity contribution in [3.8, 4) is 0 Å². The molecule has 2 nitrogen and oxygen atoms in total. The lowest BCUT2D eigenvalue weighted by molar-refractivity contribution is 0.337. The number of aromatic nitrogens is 1. The van der Waals surface area contributed by atoms with E-state index >= 15 is 0 Å². The van der Waals surface area contributed by atoms with Crippen LogP contribution in [0.2, 0.25) is 0 Å². The zero-order valence-corrected chi connectivity index (χ0v) is 11.8. The topological polar surface area (TPSA) is 24.9 Å². The van der Waals surface area contributed by atoms with E-state index in [9.17, 15) is 0 Å². The van der Waals surface area contributed by atoms with Gasteiger partial charge in [0.05, 0.1) is 17.4 Å². The van der Waals surface area contributed by atoms with E-state index in [1.54, 1.807) is 0 Å². The number of hydrogen-bond acceptors (Lipinski definition) is 2. The highest BCUT2D eigenvalue weighted by molar-refractivity contribution is 5.52. The maximum absolute atomic E-state index is 4.36. The number of rotatable bonds is 2. The van der Waals surface area contributed by atoms with Gasteiger partial charge in [-0.2, -0.15) is 0 Å². The van der Waals surface area contributed by atoms with E-state index in [-0.39, 0.29) is 5.41 Å². The summed E-state index contributed by atoms with van der Waals surface area (Å²) >= 11 is 0. The molecule has 1 aliphatic carbocycles. The number of aryl methyl sites for hydroxylation is 1. The summed E-state index contributed by atoms with van der Waals surface area (Å²) in [4.78, 5) is 4.36. The largest absolute Gasteiger partial charge is 0.376 e. The first-order chi connectivity index (χ1) is 9.08. The molecule has 0 bridgehead atoms. The number of fused-ring (bicyclic) bond motifs is 1. The number of pyridine rings is 1. The SMILES string of the molecule is Cc1ncccc1NC1c2ccccc2CC1(C)C. The molecule has 1 unspecified atom stereocenters. The molecule has 1 aromatic heterocycles. The molecular weight excluding hydrogens is 232 g/mol. The first-order valence-corrected chi connectivity index (χ1v) is 6.84. The zero-order chi connectivity index (χ0) is 13.5. The number of hydrogen-bond donors (Lipinski definition) is 1. The molecule has 19 heavy (non-hydrogen) atoms. The third-order valence-corrected chi connectivity index (χ3v) is 4.10. The first kappa shape index (κ1) is 12.2. The number of nitrogens with one attached hydrogen (secondary N) is 1. The van der Waals surface area contributed by atoms with Gasteiger partial charge in [0, 0.05) is 6.20 Å². The summed E-state index contributed by atoms with van der Waals surface area (Å²) in [5, 5.41) is 3.69. The second kappa shape index (κ2) is 4.37. The van der Waals surface area contributed by atoms with Crippen molar-refractivity contribution in [3.63, 3.8) is 0 Å². The standard InChI is InChI=1S/C17H20N2/c1-12-15(9-6-10-18-12)19-16-14-8-5-4-7-13(14)11-17(16,2)3/h4-10,16,19H,11H2,1-3H3. The fraction of sp³-hybridized carbons (Fsp3) is 0.353. The summed E-state index contributed by atoms with van der Waals surface area (Å²) in [6.07, 6.45) is 2.97. The van der Waals surface area contributed by atoms with Gasteiger partial charge in [-0.3, -0.25) is 4.98 Å². The minimum atomic E-state index is 0.228. The Morgan fingerprint density at radius 3 is 2.74 bits per heavy atom. The molecular formula is C17H20N2. The van der Waals surface area contributed by atoms with Gasteiger partial charge >= 0.3 is 0 Å². The average molecular weight is 252 g/mol. The highest BCUT2D eigenvalue weighted by atomic mass is 15.0. The van der Waals surface area contributed by atoms with Gasteiger partial charge in [-0.05, 0) is 42.0 Å². The van der Waals surface area contributed by atoms with Crippen LogP contribution in [0.15, 0.2) is 42.6 Å². The van der Waals surface area contributed by atoms with Crippen LogP contribution >= 0.6 is 0 Å². The van der Waals surface area contributed by atoms with Crippen molar-refractivity contribution in [2.75, 3.05) is 5.32 Å². The van der Waals surface area contributed by atoms with Crippen molar-refractivity contribution in [3.05, 3.63) is 59.4 Å². The Bertz CT molecular complexity index is 602. The molecule has 0 aliphatic heterocycles. The predicted octanol–water partition coefficient (Wildman–Crippen LogP) is 4.13. The van der Waals surface area contributed by atoms with E-state index < -0.39 is 0 Å². The summed E-state index contributed by atoms with van der Waals surface area (Å²) in [7, 11) is 0. The van der Waals surface area contributed by atoms with E-state index in [0.717, 1.165) is 17.8 Å². The summed E-state index contributed by atoms with van der Waals surface area (Å²) < 4.78 is 0. The molecule has 1 aromatic carbocycles. The first-order valence-electron chi connectivity index (χ1n) is 6.84. The molecule has 0 fully saturated rings. The van der Waals surface area contributed by atoms with Crippen molar-refractivity contribution < 1.29 is 0 Å². The number of nitrogens with zero attached hydrogens (tertiary/aromatic N) is 1. The maximum Gasteiger partial charge on any atom is 0.0603 e. The van der Waals surface area contributed by atoms with Gasteiger partial charge in [0.25, 0.3) is 0 Å². The van der Waals surface area contributed by atoms with Crippen LogP contribution in [0.25, 0.3) is 0 Å². The molecule has 1 heterocycles. The fourth-order valence-electron chi connectivity index (χ4n) is 3.06. The molecule has 0 radical (unpaired) electrons. The molecule has 0 saturated heterocycles. The smallest absolute Gasteiger partial charge is 0.0603 e. The Kier molecular flexibility index (Phi) is 2.81. The lowest BCUT2D eigenvalue weighted by Crippen LogP contribution is -2.24. The van der Waals surface area contributed by atoms with Crippen LogP contribution < -0.4 is 5.32 Å². The lowest BCUT2D eigenvalue weighted by Gasteiger charge is -2.29. The van der Waals surface area contributed by atoms with Crippen molar-refractivity contribution in [1.29, 1.82) is 0 Å². The summed E-state index contributed by atoms with van der Waals surface area (Å²) in [5.74, 6) is 0. The molecule has 98 valence electrons. The minimum absolute atomic E-state index is 0.228. The van der Waals surface area contributed by atoms with Crippen molar-refractivity contribution in [1.82, 2.24) is 4.98 Å². The van der Waals surface area contributed by atoms with Gasteiger partial charge in [-0.25, -0.2) is 0 Å². The fourth-order valence-corrected chi connectivity index (χ4v) is 3.06. The summed E-state index contributed by atoms with van der Waals surface area (Å²) in [6.45, 7) is 6.71. The molecule has 0 spiro atoms. The van der Waals surface area contributed by atoms with E-state index in [4.69, 9.17) is 0 Å². The molecule has 1 N–H and O–H groups in total. The van der Waals surface area contributed by atoms with Gasteiger partial charge in [0.15, 0.2) is 0 Å². The molecule has 3 rings (SSSR count). The molecule has 1 aliphatic rings. The van der Waals surface area contributed by atoms with E-state index in [0.29, 0.717) is 6.04 Å². The molecule has 1 atom stereocenters. The predicted molar refractivity (Wildman–Crippen MR) is 79.3 cm³/mol. The van der Waals surface area contributed by atoms with Gasteiger partial charge < -0.3 is 5.32 Å². The Hall–Kier alpha value is -1.83. The Balaban J connectivity index is 1.98. The van der Waals surface area contributed by atoms with E-state index in [2.05, 4.69) is 61.4 Å². The Labute approximate surface area is 114 Å². The quantitative estimate of drug-likeness (QED) is 0.869. The van der Waals surface area contributed by atoms with E-state index in [1.807, 2.05) is 12.3 Å². The number of benzene rings is 1. The monoisotopic (exact) mass is 252 g/mol. The van der Waals surface area contributed by atoms with Gasteiger partial charge in [-0.1, -0.05) is 38.1 Å². The van der Waals surface area contributed by atoms with Crippen LogP contribution in [0, 0.1) is 12.3 Å². The van der Waals surface area contributed by atoms with Gasteiger partial charge in [0.1, 0.15) is 0 Å². The second-order valence-corrected chi connectivity index (χ2v) is 6.08. The maximum atomic E-state index is 4.36. The summed E-state index contributed by atoms with van der Waals surface area (Å²) in [6, 6.07) is 13.2. The van der Waals surface area contributed by atoms with Gasteiger partial charge in [0.2, 0.25) is 0 Å². The Morgan fingerprint density at radius 1 is 1.16 bits per heavy atom. The molecule has 2 aromatic rings. The Morgan fingerprint density at radius 2 is 1.95 bits per heavy atom. The highest BCUT2D eigenvalue weighted by Gasteiger charge is 2.38. The lowest BCUT2D eigenvalue weighted by atomic mass is 9.85. The molecule has 2 heteroatoms. The van der Waals surface area contributed by atoms with E-state index in [1.165, 1.54) is 11.1 Å². The van der Waals surface area contributed by atoms with Crippen LogP contribution in [-0.4, -0.2) is 4.98 Å². The molecule has 0 saturated carbocycles. The zero-order valence-electron chi connectivity index (χ0n) is 11.8. The van der Waals surface area contributed by atoms with Crippen molar-refractivity contribution in [2.24, 2.45) is 5.41 Å². The van der Waals surface area contributed by atoms with Crippen molar-refractivity contribution in [2.45, 2.75) is 33.2 Å². The highest BCUT2D eigenvalue weighted by Crippen LogP contribution is 2.46. The third-order valence-electron chi connectivity index (χ3n) is 4.10. The van der Waals surface area contributed by atoms with Gasteiger partial charge in [-0.15, -0.1) is 0 Å². The van der Waals surface area contributed by atoms with Crippen LogP contribution in [0.3, 0.4) is 0 Å². The third kappa shape index (κ3) is 2.12.